The summed E-state index contributed by atoms with van der Waals surface area (Å²) in [7, 11) is 0. The Kier molecular flexibility index (Phi) is 2.22. The summed E-state index contributed by atoms with van der Waals surface area (Å²) >= 11 is 1.87. The topological polar surface area (TPSA) is 46.3 Å². The summed E-state index contributed by atoms with van der Waals surface area (Å²) in [5.41, 5.74) is 5.04. The third-order valence-corrected chi connectivity index (χ3v) is 2.27. The van der Waals surface area contributed by atoms with E-state index in [0.717, 1.165) is 24.6 Å². The molecule has 1 saturated heterocycles. The Balaban J connectivity index is 0.000000810. The Morgan fingerprint density at radius 1 is 1.56 bits per heavy atom. The van der Waals surface area contributed by atoms with Crippen LogP contribution in [0.2, 0.25) is 0 Å². The number of primary amides is 1. The van der Waals surface area contributed by atoms with Crippen molar-refractivity contribution in [2.75, 3.05) is 24.6 Å². The zero-order valence-electron chi connectivity index (χ0n) is 5.17. The number of carbonyl (C=O) groups excluding carboxylic acids is 1. The minimum Gasteiger partial charge on any atom is -0.351 e. The summed E-state index contributed by atoms with van der Waals surface area (Å²) in [5, 5.41) is 0. The van der Waals surface area contributed by atoms with Crippen LogP contribution in [0.25, 0.3) is 0 Å². The lowest BCUT2D eigenvalue weighted by atomic mass is 10.5. The molecule has 4 heteroatoms. The van der Waals surface area contributed by atoms with Crippen LogP contribution < -0.4 is 5.73 Å². The molecule has 0 spiro atoms. The van der Waals surface area contributed by atoms with E-state index in [0.29, 0.717) is 0 Å². The van der Waals surface area contributed by atoms with Crippen LogP contribution in [0, 0.1) is 0 Å². The molecule has 0 aliphatic carbocycles. The van der Waals surface area contributed by atoms with Gasteiger partial charge in [0.25, 0.3) is 0 Å². The monoisotopic (exact) mass is 148 g/mol. The number of carbonyl (C=O) groups is 1. The highest BCUT2D eigenvalue weighted by atomic mass is 32.2. The van der Waals surface area contributed by atoms with Crippen LogP contribution in [0.3, 0.4) is 0 Å². The van der Waals surface area contributed by atoms with Crippen LogP contribution in [0.15, 0.2) is 0 Å². The molecule has 0 aromatic carbocycles. The van der Waals surface area contributed by atoms with Crippen LogP contribution in [-0.4, -0.2) is 35.5 Å². The van der Waals surface area contributed by atoms with E-state index in [9.17, 15) is 4.79 Å². The van der Waals surface area contributed by atoms with Gasteiger partial charge in [0.15, 0.2) is 0 Å². The Morgan fingerprint density at radius 2 is 2.11 bits per heavy atom. The molecule has 0 radical (unpaired) electrons. The molecule has 0 atom stereocenters. The van der Waals surface area contributed by atoms with Crippen molar-refractivity contribution in [2.45, 2.75) is 0 Å². The molecule has 1 aliphatic rings. The van der Waals surface area contributed by atoms with Gasteiger partial charge >= 0.3 is 6.03 Å². The lowest BCUT2D eigenvalue weighted by Crippen LogP contribution is -2.41. The molecule has 1 rings (SSSR count). The molecular formula is C5H12N2OS. The molecule has 0 aromatic rings. The van der Waals surface area contributed by atoms with Gasteiger partial charge < -0.3 is 10.6 Å². The normalized spacial score (nSPS) is 19.8. The molecule has 54 valence electrons. The van der Waals surface area contributed by atoms with E-state index in [1.54, 1.807) is 4.90 Å². The number of urea groups is 1. The van der Waals surface area contributed by atoms with E-state index in [1.165, 1.54) is 0 Å². The van der Waals surface area contributed by atoms with Gasteiger partial charge in [0.05, 0.1) is 0 Å². The smallest absolute Gasteiger partial charge is 0.314 e. The Hall–Kier alpha value is -0.380. The molecule has 9 heavy (non-hydrogen) atoms. The number of hydrogen-bond acceptors (Lipinski definition) is 2. The second-order valence-electron chi connectivity index (χ2n) is 1.94. The highest BCUT2D eigenvalue weighted by Crippen LogP contribution is 2.07. The van der Waals surface area contributed by atoms with E-state index >= 15 is 0 Å². The summed E-state index contributed by atoms with van der Waals surface area (Å²) in [6.45, 7) is 1.64. The largest absolute Gasteiger partial charge is 0.351 e. The SMILES string of the molecule is NC(=O)N1CCSCC1.[HH]. The van der Waals surface area contributed by atoms with Crippen molar-refractivity contribution in [1.82, 2.24) is 4.90 Å². The summed E-state index contributed by atoms with van der Waals surface area (Å²) in [5.74, 6) is 2.06. The summed E-state index contributed by atoms with van der Waals surface area (Å²) in [6.07, 6.45) is 0. The molecule has 0 unspecified atom stereocenters. The second-order valence-corrected chi connectivity index (χ2v) is 3.16. The minimum absolute atomic E-state index is 0. The first kappa shape index (κ1) is 6.74. The van der Waals surface area contributed by atoms with Crippen molar-refractivity contribution >= 4 is 17.8 Å². The van der Waals surface area contributed by atoms with Gasteiger partial charge in [-0.15, -0.1) is 0 Å². The van der Waals surface area contributed by atoms with Crippen molar-refractivity contribution in [3.63, 3.8) is 0 Å². The minimum atomic E-state index is -0.282. The van der Waals surface area contributed by atoms with E-state index in [2.05, 4.69) is 0 Å². The average molecular weight is 148 g/mol. The zero-order chi connectivity index (χ0) is 6.69. The van der Waals surface area contributed by atoms with E-state index < -0.39 is 0 Å². The van der Waals surface area contributed by atoms with Crippen molar-refractivity contribution in [3.05, 3.63) is 0 Å². The first-order valence-electron chi connectivity index (χ1n) is 2.93. The van der Waals surface area contributed by atoms with Gasteiger partial charge in [0, 0.05) is 26.0 Å². The summed E-state index contributed by atoms with van der Waals surface area (Å²) < 4.78 is 0. The molecule has 0 aromatic heterocycles. The molecule has 2 N–H and O–H groups in total. The fourth-order valence-corrected chi connectivity index (χ4v) is 1.69. The first-order chi connectivity index (χ1) is 4.30. The Bertz CT molecular complexity index is 116. The number of amides is 2. The van der Waals surface area contributed by atoms with Gasteiger partial charge in [-0.05, 0) is 0 Å². The quantitative estimate of drug-likeness (QED) is 0.539. The Morgan fingerprint density at radius 3 is 2.44 bits per heavy atom. The molecule has 0 bridgehead atoms. The Labute approximate surface area is 60.1 Å². The third-order valence-electron chi connectivity index (χ3n) is 1.32. The maximum atomic E-state index is 10.5. The van der Waals surface area contributed by atoms with Crippen molar-refractivity contribution in [2.24, 2.45) is 5.73 Å². The highest BCUT2D eigenvalue weighted by Gasteiger charge is 2.12. The van der Waals surface area contributed by atoms with Gasteiger partial charge in [-0.1, -0.05) is 0 Å². The van der Waals surface area contributed by atoms with Crippen LogP contribution in [0.5, 0.6) is 0 Å². The number of rotatable bonds is 0. The van der Waals surface area contributed by atoms with Gasteiger partial charge in [-0.2, -0.15) is 11.8 Å². The standard InChI is InChI=1S/C5H10N2OS.H2/c6-5(8)7-1-3-9-4-2-7;/h1-4H2,(H2,6,8);1H. The van der Waals surface area contributed by atoms with E-state index in [-0.39, 0.29) is 7.46 Å². The second kappa shape index (κ2) is 2.96. The predicted octanol–water partition coefficient (Wildman–Crippen LogP) is 0.360. The van der Waals surface area contributed by atoms with Gasteiger partial charge in [0.2, 0.25) is 0 Å². The van der Waals surface area contributed by atoms with Gasteiger partial charge in [-0.25, -0.2) is 4.79 Å². The highest BCUT2D eigenvalue weighted by molar-refractivity contribution is 7.99. The average Bonchev–Trinajstić information content (AvgIpc) is 1.90. The molecule has 1 heterocycles. The van der Waals surface area contributed by atoms with Crippen LogP contribution in [-0.2, 0) is 0 Å². The summed E-state index contributed by atoms with van der Waals surface area (Å²) in [6, 6.07) is -0.282. The molecular weight excluding hydrogens is 136 g/mol. The first-order valence-corrected chi connectivity index (χ1v) is 4.08. The van der Waals surface area contributed by atoms with E-state index in [1.807, 2.05) is 11.8 Å². The predicted molar refractivity (Wildman–Crippen MR) is 40.6 cm³/mol. The van der Waals surface area contributed by atoms with Gasteiger partial charge in [0.1, 0.15) is 0 Å². The van der Waals surface area contributed by atoms with Crippen LogP contribution in [0.4, 0.5) is 4.79 Å². The maximum absolute atomic E-state index is 10.5. The molecule has 2 amide bonds. The maximum Gasteiger partial charge on any atom is 0.314 e. The van der Waals surface area contributed by atoms with Crippen molar-refractivity contribution < 1.29 is 6.22 Å². The molecule has 0 saturated carbocycles. The van der Waals surface area contributed by atoms with Crippen LogP contribution in [0.1, 0.15) is 1.43 Å². The molecule has 1 aliphatic heterocycles. The van der Waals surface area contributed by atoms with Crippen LogP contribution >= 0.6 is 11.8 Å². The summed E-state index contributed by atoms with van der Waals surface area (Å²) in [4.78, 5) is 12.2. The van der Waals surface area contributed by atoms with E-state index in [4.69, 9.17) is 5.73 Å². The van der Waals surface area contributed by atoms with Crippen molar-refractivity contribution in [3.8, 4) is 0 Å². The lowest BCUT2D eigenvalue weighted by molar-refractivity contribution is 0.213. The molecule has 3 nitrogen and oxygen atoms in total. The lowest BCUT2D eigenvalue weighted by Gasteiger charge is -2.23. The number of hydrogen-bond donors (Lipinski definition) is 1. The third kappa shape index (κ3) is 1.78. The fraction of sp³-hybridized carbons (Fsp3) is 0.800. The van der Waals surface area contributed by atoms with Gasteiger partial charge in [-0.3, -0.25) is 0 Å². The number of thioether (sulfide) groups is 1. The molecule has 1 fully saturated rings. The van der Waals surface area contributed by atoms with Crippen molar-refractivity contribution in [1.29, 1.82) is 0 Å². The zero-order valence-corrected chi connectivity index (χ0v) is 5.99. The number of nitrogens with two attached hydrogens (primary N) is 1. The fourth-order valence-electron chi connectivity index (χ4n) is 0.784. The number of nitrogens with zero attached hydrogens (tertiary/aromatic N) is 1.